The average molecular weight is 415 g/mol. The molecule has 0 saturated heterocycles. The fraction of sp³-hybridized carbons (Fsp3) is 0.0455. The van der Waals surface area contributed by atoms with Gasteiger partial charge in [-0.1, -0.05) is 24.3 Å². The first kappa shape index (κ1) is 25.4. The van der Waals surface area contributed by atoms with Gasteiger partial charge in [0.1, 0.15) is 0 Å². The predicted octanol–water partition coefficient (Wildman–Crippen LogP) is 6.16. The second kappa shape index (κ2) is 18.4. The second-order valence-corrected chi connectivity index (χ2v) is 4.65. The normalized spacial score (nSPS) is 9.72. The molecule has 3 heteroatoms. The Hall–Kier alpha value is -1.89. The van der Waals surface area contributed by atoms with Crippen LogP contribution in [-0.4, -0.2) is 5.11 Å². The first-order valence-electron chi connectivity index (χ1n) is 7.55. The van der Waals surface area contributed by atoms with E-state index in [1.165, 1.54) is 0 Å². The first-order chi connectivity index (χ1) is 11.3. The van der Waals surface area contributed by atoms with Gasteiger partial charge in [-0.2, -0.15) is 54.6 Å². The van der Waals surface area contributed by atoms with Gasteiger partial charge in [0.25, 0.3) is 0 Å². The van der Waals surface area contributed by atoms with E-state index >= 15 is 0 Å². The van der Waals surface area contributed by atoms with Crippen molar-refractivity contribution in [1.29, 1.82) is 0 Å². The van der Waals surface area contributed by atoms with E-state index in [1.807, 2.05) is 115 Å². The van der Waals surface area contributed by atoms with Gasteiger partial charge in [0, 0.05) is 22.6 Å². The molecule has 0 unspecified atom stereocenters. The monoisotopic (exact) mass is 415 g/mol. The molecule has 0 heterocycles. The topological polar surface area (TPSA) is 20.2 Å². The van der Waals surface area contributed by atoms with Gasteiger partial charge in [0.15, 0.2) is 0 Å². The van der Waals surface area contributed by atoms with Crippen LogP contribution in [0.5, 0.6) is 0 Å². The van der Waals surface area contributed by atoms with Crippen LogP contribution in [-0.2, 0) is 34.1 Å². The molecular formula is C22H23Fe2O-. The zero-order valence-electron chi connectivity index (χ0n) is 14.1. The minimum atomic E-state index is 0. The number of hydrogen-bond donors (Lipinski definition) is 1. The molecule has 0 amide bonds. The number of aliphatic hydroxyl groups is 1. The van der Waals surface area contributed by atoms with Crippen LogP contribution in [0.4, 0.5) is 0 Å². The zero-order chi connectivity index (χ0) is 16.6. The van der Waals surface area contributed by atoms with Gasteiger partial charge in [-0.25, -0.2) is 36.4 Å². The fourth-order valence-corrected chi connectivity index (χ4v) is 1.58. The van der Waals surface area contributed by atoms with Gasteiger partial charge in [-0.15, -0.1) is 0 Å². The van der Waals surface area contributed by atoms with E-state index in [4.69, 9.17) is 5.11 Å². The molecule has 0 atom stereocenters. The largest absolute Gasteiger partial charge is 2.00 e. The average Bonchev–Trinajstić information content (AvgIpc) is 3.45. The standard InChI is InChI=1S/C7H8O.3C5H5.2Fe/c1-6(8)7-4-2-3-5-7;3*1-2-4-5-3-1;;/h2-5,8H,1H3;3*1-5H;;/q;3*-1;;+2. The summed E-state index contributed by atoms with van der Waals surface area (Å²) in [5, 5.41) is 8.83. The van der Waals surface area contributed by atoms with Gasteiger partial charge in [-0.3, -0.25) is 0 Å². The van der Waals surface area contributed by atoms with Crippen molar-refractivity contribution in [2.45, 2.75) is 6.92 Å². The fourth-order valence-electron chi connectivity index (χ4n) is 1.58. The molecule has 0 spiro atoms. The number of allylic oxidation sites excluding steroid dienone is 6. The van der Waals surface area contributed by atoms with Crippen LogP contribution < -0.4 is 0 Å². The van der Waals surface area contributed by atoms with E-state index in [-0.39, 0.29) is 34.1 Å². The predicted molar refractivity (Wildman–Crippen MR) is 99.7 cm³/mol. The summed E-state index contributed by atoms with van der Waals surface area (Å²) in [6, 6.07) is 30.0. The van der Waals surface area contributed by atoms with Crippen molar-refractivity contribution in [2.75, 3.05) is 0 Å². The number of rotatable bonds is 0. The second-order valence-electron chi connectivity index (χ2n) is 4.65. The van der Waals surface area contributed by atoms with Crippen LogP contribution in [0.2, 0.25) is 0 Å². The molecule has 3 aromatic carbocycles. The molecule has 1 nitrogen and oxygen atoms in total. The smallest absolute Gasteiger partial charge is 0.512 e. The molecular weight excluding hydrogens is 392 g/mol. The summed E-state index contributed by atoms with van der Waals surface area (Å²) in [6.45, 7) is 1.68. The van der Waals surface area contributed by atoms with Crippen LogP contribution in [0, 0.1) is 0 Å². The third-order valence-corrected chi connectivity index (χ3v) is 2.75. The van der Waals surface area contributed by atoms with Crippen molar-refractivity contribution in [3.05, 3.63) is 127 Å². The Balaban J connectivity index is 0. The molecule has 1 aliphatic rings. The van der Waals surface area contributed by atoms with Gasteiger partial charge >= 0.3 is 17.1 Å². The van der Waals surface area contributed by atoms with Crippen molar-refractivity contribution < 1.29 is 39.2 Å². The van der Waals surface area contributed by atoms with Gasteiger partial charge in [0.2, 0.25) is 0 Å². The molecule has 0 radical (unpaired) electrons. The number of hydrogen-bond acceptors (Lipinski definition) is 1. The molecule has 0 aromatic heterocycles. The third-order valence-electron chi connectivity index (χ3n) is 2.75. The summed E-state index contributed by atoms with van der Waals surface area (Å²) < 4.78 is 0. The summed E-state index contributed by atoms with van der Waals surface area (Å²) in [5.74, 6) is 0.384. The van der Waals surface area contributed by atoms with Crippen molar-refractivity contribution in [1.82, 2.24) is 0 Å². The van der Waals surface area contributed by atoms with Crippen LogP contribution in [0.15, 0.2) is 127 Å². The number of aliphatic hydroxyl groups excluding tert-OH is 1. The summed E-state index contributed by atoms with van der Waals surface area (Å²) in [5.41, 5.74) is 0.907. The Bertz CT molecular complexity index is 511. The molecule has 25 heavy (non-hydrogen) atoms. The Morgan fingerprint density at radius 1 is 0.680 bits per heavy atom. The van der Waals surface area contributed by atoms with Crippen LogP contribution >= 0.6 is 0 Å². The van der Waals surface area contributed by atoms with Crippen molar-refractivity contribution in [2.24, 2.45) is 0 Å². The molecule has 1 N–H and O–H groups in total. The summed E-state index contributed by atoms with van der Waals surface area (Å²) in [7, 11) is 0. The minimum Gasteiger partial charge on any atom is -0.512 e. The molecule has 0 aliphatic heterocycles. The first-order valence-corrected chi connectivity index (χ1v) is 7.55. The van der Waals surface area contributed by atoms with Crippen LogP contribution in [0.25, 0.3) is 0 Å². The Kier molecular flexibility index (Phi) is 18.7. The Morgan fingerprint density at radius 2 is 0.960 bits per heavy atom. The summed E-state index contributed by atoms with van der Waals surface area (Å²) in [4.78, 5) is 0. The molecule has 1 aliphatic carbocycles. The van der Waals surface area contributed by atoms with Crippen molar-refractivity contribution in [3.63, 3.8) is 0 Å². The maximum atomic E-state index is 8.83. The van der Waals surface area contributed by atoms with Gasteiger partial charge < -0.3 is 5.11 Å². The van der Waals surface area contributed by atoms with Crippen molar-refractivity contribution >= 4 is 0 Å². The van der Waals surface area contributed by atoms with E-state index in [9.17, 15) is 0 Å². The van der Waals surface area contributed by atoms with E-state index in [0.717, 1.165) is 5.57 Å². The summed E-state index contributed by atoms with van der Waals surface area (Å²) >= 11 is 0. The summed E-state index contributed by atoms with van der Waals surface area (Å²) in [6.07, 6.45) is 7.54. The van der Waals surface area contributed by atoms with E-state index in [2.05, 4.69) is 0 Å². The van der Waals surface area contributed by atoms with E-state index < -0.39 is 0 Å². The Morgan fingerprint density at radius 3 is 1.08 bits per heavy atom. The molecule has 4 rings (SSSR count). The molecule has 3 aromatic rings. The quantitative estimate of drug-likeness (QED) is 0.265. The minimum absolute atomic E-state index is 0. The third kappa shape index (κ3) is 15.4. The van der Waals surface area contributed by atoms with E-state index in [0.29, 0.717) is 5.76 Å². The van der Waals surface area contributed by atoms with E-state index in [1.54, 1.807) is 6.92 Å². The van der Waals surface area contributed by atoms with Crippen molar-refractivity contribution in [3.8, 4) is 0 Å². The molecule has 0 saturated carbocycles. The SMILES string of the molecule is CC(O)=C1C=CC=C1.[Fe+2].[Fe].c1cc[cH-]c1.c1cc[cH-]c1.c1cc[cH-]c1. The van der Waals surface area contributed by atoms with Gasteiger partial charge in [-0.05, 0) is 6.92 Å². The Labute approximate surface area is 172 Å². The molecule has 134 valence electrons. The van der Waals surface area contributed by atoms with Crippen LogP contribution in [0.1, 0.15) is 6.92 Å². The molecule has 0 bridgehead atoms. The molecule has 0 fully saturated rings. The van der Waals surface area contributed by atoms with Crippen LogP contribution in [0.3, 0.4) is 0 Å². The zero-order valence-corrected chi connectivity index (χ0v) is 16.3. The maximum absolute atomic E-state index is 8.83. The van der Waals surface area contributed by atoms with Gasteiger partial charge in [0.05, 0.1) is 5.76 Å². The maximum Gasteiger partial charge on any atom is 2.00 e.